The van der Waals surface area contributed by atoms with E-state index in [-0.39, 0.29) is 0 Å². The number of hydrogen-bond donors (Lipinski definition) is 1. The van der Waals surface area contributed by atoms with E-state index in [0.29, 0.717) is 5.41 Å². The molecule has 1 aromatic carbocycles. The molecule has 0 spiro atoms. The maximum Gasteiger partial charge on any atom is 0.193 e. The molecule has 0 saturated carbocycles. The Morgan fingerprint density at radius 3 is 2.67 bits per heavy atom. The van der Waals surface area contributed by atoms with Crippen LogP contribution in [0.2, 0.25) is 0 Å². The Morgan fingerprint density at radius 2 is 2.00 bits per heavy atom. The van der Waals surface area contributed by atoms with Crippen LogP contribution in [0.3, 0.4) is 0 Å². The highest BCUT2D eigenvalue weighted by atomic mass is 16.5. The third-order valence-electron chi connectivity index (χ3n) is 4.57. The van der Waals surface area contributed by atoms with Crippen LogP contribution in [-0.2, 0) is 11.2 Å². The average Bonchev–Trinajstić information content (AvgIpc) is 2.94. The molecule has 1 aliphatic rings. The molecule has 0 aliphatic carbocycles. The molecule has 2 rings (SSSR count). The molecule has 0 radical (unpaired) electrons. The SMILES string of the molecule is CN=C(NCCCCOCCc1ccccc1)N1CCC(C)(C)C1. The molecule has 0 unspecified atom stereocenters. The Labute approximate surface area is 147 Å². The molecule has 0 atom stereocenters. The van der Waals surface area contributed by atoms with E-state index in [2.05, 4.69) is 53.3 Å². The van der Waals surface area contributed by atoms with E-state index in [9.17, 15) is 0 Å². The molecule has 4 nitrogen and oxygen atoms in total. The monoisotopic (exact) mass is 331 g/mol. The molecular weight excluding hydrogens is 298 g/mol. The number of nitrogens with one attached hydrogen (secondary N) is 1. The number of rotatable bonds is 8. The highest BCUT2D eigenvalue weighted by molar-refractivity contribution is 5.80. The van der Waals surface area contributed by atoms with Gasteiger partial charge in [0.2, 0.25) is 0 Å². The van der Waals surface area contributed by atoms with Crippen LogP contribution in [0.25, 0.3) is 0 Å². The summed E-state index contributed by atoms with van der Waals surface area (Å²) in [5.41, 5.74) is 1.75. The lowest BCUT2D eigenvalue weighted by molar-refractivity contribution is 0.133. The van der Waals surface area contributed by atoms with Gasteiger partial charge in [0.25, 0.3) is 0 Å². The normalized spacial score (nSPS) is 17.3. The van der Waals surface area contributed by atoms with Crippen LogP contribution >= 0.6 is 0 Å². The molecule has 1 heterocycles. The van der Waals surface area contributed by atoms with Crippen molar-refractivity contribution in [1.82, 2.24) is 10.2 Å². The zero-order valence-electron chi connectivity index (χ0n) is 15.6. The van der Waals surface area contributed by atoms with Crippen molar-refractivity contribution in [2.75, 3.05) is 39.9 Å². The minimum Gasteiger partial charge on any atom is -0.381 e. The Hall–Kier alpha value is -1.55. The summed E-state index contributed by atoms with van der Waals surface area (Å²) >= 11 is 0. The second kappa shape index (κ2) is 9.67. The average molecular weight is 332 g/mol. The predicted molar refractivity (Wildman–Crippen MR) is 102 cm³/mol. The van der Waals surface area contributed by atoms with E-state index in [4.69, 9.17) is 4.74 Å². The summed E-state index contributed by atoms with van der Waals surface area (Å²) < 4.78 is 5.73. The minimum absolute atomic E-state index is 0.407. The van der Waals surface area contributed by atoms with Crippen LogP contribution in [-0.4, -0.2) is 50.8 Å². The molecule has 0 bridgehead atoms. The first-order chi connectivity index (χ1) is 11.6. The van der Waals surface area contributed by atoms with Gasteiger partial charge in [-0.3, -0.25) is 4.99 Å². The van der Waals surface area contributed by atoms with Crippen LogP contribution in [0.5, 0.6) is 0 Å². The smallest absolute Gasteiger partial charge is 0.193 e. The molecule has 0 aromatic heterocycles. The molecule has 1 aromatic rings. The number of hydrogen-bond acceptors (Lipinski definition) is 2. The van der Waals surface area contributed by atoms with Crippen LogP contribution in [0.15, 0.2) is 35.3 Å². The summed E-state index contributed by atoms with van der Waals surface area (Å²) in [7, 11) is 1.88. The Balaban J connectivity index is 1.50. The van der Waals surface area contributed by atoms with Gasteiger partial charge >= 0.3 is 0 Å². The molecule has 134 valence electrons. The molecule has 1 saturated heterocycles. The van der Waals surface area contributed by atoms with E-state index in [1.165, 1.54) is 12.0 Å². The molecule has 1 N–H and O–H groups in total. The van der Waals surface area contributed by atoms with Crippen LogP contribution in [0.1, 0.15) is 38.7 Å². The maximum atomic E-state index is 5.73. The van der Waals surface area contributed by atoms with E-state index in [1.807, 2.05) is 13.1 Å². The van der Waals surface area contributed by atoms with Crippen molar-refractivity contribution in [2.45, 2.75) is 39.5 Å². The van der Waals surface area contributed by atoms with Crippen LogP contribution < -0.4 is 5.32 Å². The summed E-state index contributed by atoms with van der Waals surface area (Å²) in [5.74, 6) is 1.05. The molecule has 4 heteroatoms. The second-order valence-electron chi connectivity index (χ2n) is 7.36. The number of benzene rings is 1. The third-order valence-corrected chi connectivity index (χ3v) is 4.57. The highest BCUT2D eigenvalue weighted by Gasteiger charge is 2.30. The van der Waals surface area contributed by atoms with Gasteiger partial charge in [0.15, 0.2) is 5.96 Å². The van der Waals surface area contributed by atoms with Crippen molar-refractivity contribution in [3.63, 3.8) is 0 Å². The number of likely N-dealkylation sites (tertiary alicyclic amines) is 1. The van der Waals surface area contributed by atoms with Crippen molar-refractivity contribution in [3.8, 4) is 0 Å². The third kappa shape index (κ3) is 6.52. The van der Waals surface area contributed by atoms with E-state index in [0.717, 1.165) is 58.1 Å². The van der Waals surface area contributed by atoms with Crippen LogP contribution in [0.4, 0.5) is 0 Å². The quantitative estimate of drug-likeness (QED) is 0.451. The number of ether oxygens (including phenoxy) is 1. The highest BCUT2D eigenvalue weighted by Crippen LogP contribution is 2.28. The fourth-order valence-electron chi connectivity index (χ4n) is 3.09. The number of nitrogens with zero attached hydrogens (tertiary/aromatic N) is 2. The number of unbranched alkanes of at least 4 members (excludes halogenated alkanes) is 1. The second-order valence-corrected chi connectivity index (χ2v) is 7.36. The van der Waals surface area contributed by atoms with Gasteiger partial charge in [-0.05, 0) is 36.7 Å². The van der Waals surface area contributed by atoms with Crippen LogP contribution in [0, 0.1) is 5.41 Å². The zero-order valence-corrected chi connectivity index (χ0v) is 15.6. The Kier molecular flexibility index (Phi) is 7.57. The van der Waals surface area contributed by atoms with E-state index in [1.54, 1.807) is 0 Å². The van der Waals surface area contributed by atoms with Gasteiger partial charge in [-0.1, -0.05) is 44.2 Å². The van der Waals surface area contributed by atoms with Crippen molar-refractivity contribution >= 4 is 5.96 Å². The first-order valence-corrected chi connectivity index (χ1v) is 9.18. The molecule has 0 amide bonds. The van der Waals surface area contributed by atoms with Crippen molar-refractivity contribution < 1.29 is 4.74 Å². The fraction of sp³-hybridized carbons (Fsp3) is 0.650. The zero-order chi connectivity index (χ0) is 17.3. The van der Waals surface area contributed by atoms with Gasteiger partial charge in [-0.25, -0.2) is 0 Å². The lowest BCUT2D eigenvalue weighted by Gasteiger charge is -2.23. The van der Waals surface area contributed by atoms with E-state index >= 15 is 0 Å². The minimum atomic E-state index is 0.407. The van der Waals surface area contributed by atoms with Gasteiger partial charge in [0, 0.05) is 33.3 Å². The lowest BCUT2D eigenvalue weighted by atomic mass is 9.93. The predicted octanol–water partition coefficient (Wildman–Crippen LogP) is 3.33. The summed E-state index contributed by atoms with van der Waals surface area (Å²) in [4.78, 5) is 6.79. The maximum absolute atomic E-state index is 5.73. The number of guanidine groups is 1. The largest absolute Gasteiger partial charge is 0.381 e. The summed E-state index contributed by atoms with van der Waals surface area (Å²) in [6, 6.07) is 10.5. The first-order valence-electron chi connectivity index (χ1n) is 9.18. The van der Waals surface area contributed by atoms with Gasteiger partial charge < -0.3 is 15.0 Å². The van der Waals surface area contributed by atoms with Gasteiger partial charge in [0.1, 0.15) is 0 Å². The fourth-order valence-corrected chi connectivity index (χ4v) is 3.09. The Bertz CT molecular complexity index is 499. The summed E-state index contributed by atoms with van der Waals surface area (Å²) in [6.07, 6.45) is 4.44. The van der Waals surface area contributed by atoms with Crippen molar-refractivity contribution in [2.24, 2.45) is 10.4 Å². The summed E-state index contributed by atoms with van der Waals surface area (Å²) in [6.45, 7) is 9.46. The molecule has 1 aliphatic heterocycles. The topological polar surface area (TPSA) is 36.9 Å². The Morgan fingerprint density at radius 1 is 1.21 bits per heavy atom. The van der Waals surface area contributed by atoms with E-state index < -0.39 is 0 Å². The lowest BCUT2D eigenvalue weighted by Crippen LogP contribution is -2.41. The molecule has 24 heavy (non-hydrogen) atoms. The molecular formula is C20H33N3O. The first kappa shape index (κ1) is 18.8. The summed E-state index contributed by atoms with van der Waals surface area (Å²) in [5, 5.41) is 3.49. The van der Waals surface area contributed by atoms with Gasteiger partial charge in [0.05, 0.1) is 6.61 Å². The van der Waals surface area contributed by atoms with Crippen molar-refractivity contribution in [1.29, 1.82) is 0 Å². The standard InChI is InChI=1S/C20H33N3O/c1-20(2)12-14-23(17-20)19(21-3)22-13-7-8-15-24-16-11-18-9-5-4-6-10-18/h4-6,9-10H,7-8,11-17H2,1-3H3,(H,21,22). The molecule has 1 fully saturated rings. The van der Waals surface area contributed by atoms with Gasteiger partial charge in [-0.15, -0.1) is 0 Å². The van der Waals surface area contributed by atoms with Crippen molar-refractivity contribution in [3.05, 3.63) is 35.9 Å². The van der Waals surface area contributed by atoms with Gasteiger partial charge in [-0.2, -0.15) is 0 Å². The number of aliphatic imine (C=N–C) groups is 1.